The van der Waals surface area contributed by atoms with E-state index >= 15 is 0 Å². The number of ether oxygens (including phenoxy) is 1. The Labute approximate surface area is 172 Å². The number of carbonyl (C=O) groups excluding carboxylic acids is 2. The summed E-state index contributed by atoms with van der Waals surface area (Å²) in [6.45, 7) is 8.43. The van der Waals surface area contributed by atoms with Gasteiger partial charge < -0.3 is 15.2 Å². The number of thioether (sulfide) groups is 1. The van der Waals surface area contributed by atoms with Gasteiger partial charge in [-0.05, 0) is 53.4 Å². The summed E-state index contributed by atoms with van der Waals surface area (Å²) in [5.74, 6) is -2.51. The van der Waals surface area contributed by atoms with Crippen molar-refractivity contribution in [2.75, 3.05) is 18.6 Å². The molecule has 158 valence electrons. The fourth-order valence-corrected chi connectivity index (χ4v) is 3.21. The van der Waals surface area contributed by atoms with Crippen LogP contribution in [0.3, 0.4) is 0 Å². The number of hydrogen-bond acceptors (Lipinski definition) is 5. The zero-order valence-corrected chi connectivity index (χ0v) is 18.4. The lowest BCUT2D eigenvalue weighted by molar-refractivity contribution is -0.154. The highest BCUT2D eigenvalue weighted by Crippen LogP contribution is 2.13. The first kappa shape index (κ1) is 26.0. The molecule has 0 rings (SSSR count). The van der Waals surface area contributed by atoms with Gasteiger partial charge in [-0.25, -0.2) is 9.59 Å². The Morgan fingerprint density at radius 3 is 2.11 bits per heavy atom. The normalized spacial score (nSPS) is 12.9. The second-order valence-corrected chi connectivity index (χ2v) is 7.93. The van der Waals surface area contributed by atoms with Gasteiger partial charge in [-0.3, -0.25) is 4.79 Å². The molecule has 28 heavy (non-hydrogen) atoms. The van der Waals surface area contributed by atoms with Crippen molar-refractivity contribution in [2.45, 2.75) is 59.4 Å². The second-order valence-electron chi connectivity index (χ2n) is 6.85. The monoisotopic (exact) mass is 411 g/mol. The zero-order chi connectivity index (χ0) is 21.5. The van der Waals surface area contributed by atoms with Gasteiger partial charge in [-0.2, -0.15) is 11.8 Å². The van der Waals surface area contributed by atoms with Crippen molar-refractivity contribution in [2.24, 2.45) is 0 Å². The number of allylic oxidation sites excluding steroid dienone is 5. The third-order valence-electron chi connectivity index (χ3n) is 3.93. The van der Waals surface area contributed by atoms with Gasteiger partial charge in [0.25, 0.3) is 0 Å². The van der Waals surface area contributed by atoms with E-state index in [0.29, 0.717) is 5.75 Å². The summed E-state index contributed by atoms with van der Waals surface area (Å²) in [7, 11) is 1.07. The Kier molecular flexibility index (Phi) is 13.9. The summed E-state index contributed by atoms with van der Waals surface area (Å²) in [5, 5.41) is 11.3. The molecule has 1 atom stereocenters. The smallest absolute Gasteiger partial charge is 0.396 e. The highest BCUT2D eigenvalue weighted by atomic mass is 32.2. The van der Waals surface area contributed by atoms with Crippen LogP contribution in [0, 0.1) is 0 Å². The molecule has 0 radical (unpaired) electrons. The van der Waals surface area contributed by atoms with Crippen molar-refractivity contribution in [3.05, 3.63) is 34.9 Å². The molecule has 0 aromatic rings. The molecule has 1 amide bonds. The summed E-state index contributed by atoms with van der Waals surface area (Å²) in [6.07, 6.45) is 10.7. The number of amides is 1. The van der Waals surface area contributed by atoms with Crippen LogP contribution in [-0.4, -0.2) is 47.6 Å². The average molecular weight is 412 g/mol. The lowest BCUT2D eigenvalue weighted by Crippen LogP contribution is -2.45. The SMILES string of the molecule is COC(=O)C(=O)NC(CSCC=C(C)CCC=C(C)CCC=C(C)C)C(=O)O. The Bertz CT molecular complexity index is 618. The standard InChI is InChI=1S/C21H33NO5S/c1-15(2)8-6-9-16(3)10-7-11-17(4)12-13-28-14-18(20(24)25)22-19(23)21(26)27-5/h8,10,12,18H,6-7,9,11,13-14H2,1-5H3,(H,22,23)(H,24,25). The number of carboxylic acid groups (broad SMARTS) is 1. The number of rotatable bonds is 12. The second kappa shape index (κ2) is 15.0. The first-order valence-corrected chi connectivity index (χ1v) is 10.5. The lowest BCUT2D eigenvalue weighted by atomic mass is 10.1. The van der Waals surface area contributed by atoms with Gasteiger partial charge in [0.05, 0.1) is 7.11 Å². The van der Waals surface area contributed by atoms with E-state index in [4.69, 9.17) is 5.11 Å². The molecule has 0 aliphatic carbocycles. The van der Waals surface area contributed by atoms with E-state index in [0.717, 1.165) is 32.8 Å². The highest BCUT2D eigenvalue weighted by molar-refractivity contribution is 7.99. The maximum Gasteiger partial charge on any atom is 0.396 e. The minimum absolute atomic E-state index is 0.172. The third-order valence-corrected chi connectivity index (χ3v) is 4.90. The number of hydrogen-bond donors (Lipinski definition) is 2. The van der Waals surface area contributed by atoms with Crippen LogP contribution in [0.1, 0.15) is 53.4 Å². The number of methoxy groups -OCH3 is 1. The van der Waals surface area contributed by atoms with Crippen LogP contribution in [0.15, 0.2) is 34.9 Å². The van der Waals surface area contributed by atoms with Crippen LogP contribution in [-0.2, 0) is 19.1 Å². The maximum absolute atomic E-state index is 11.4. The molecule has 0 fully saturated rings. The molecule has 0 spiro atoms. The van der Waals surface area contributed by atoms with Gasteiger partial charge in [0.1, 0.15) is 6.04 Å². The van der Waals surface area contributed by atoms with E-state index in [1.807, 2.05) is 0 Å². The summed E-state index contributed by atoms with van der Waals surface area (Å²) in [5.41, 5.74) is 3.98. The van der Waals surface area contributed by atoms with Crippen LogP contribution in [0.5, 0.6) is 0 Å². The first-order valence-electron chi connectivity index (χ1n) is 9.31. The van der Waals surface area contributed by atoms with Crippen LogP contribution < -0.4 is 5.32 Å². The topological polar surface area (TPSA) is 92.7 Å². The zero-order valence-electron chi connectivity index (χ0n) is 17.5. The van der Waals surface area contributed by atoms with E-state index < -0.39 is 23.9 Å². The van der Waals surface area contributed by atoms with E-state index in [9.17, 15) is 14.4 Å². The van der Waals surface area contributed by atoms with Crippen molar-refractivity contribution in [3.63, 3.8) is 0 Å². The van der Waals surface area contributed by atoms with E-state index in [1.165, 1.54) is 28.5 Å². The number of nitrogens with one attached hydrogen (secondary N) is 1. The predicted octanol–water partition coefficient (Wildman–Crippen LogP) is 3.88. The first-order chi connectivity index (χ1) is 13.2. The molecule has 6 nitrogen and oxygen atoms in total. The summed E-state index contributed by atoms with van der Waals surface area (Å²) >= 11 is 1.39. The summed E-state index contributed by atoms with van der Waals surface area (Å²) < 4.78 is 4.27. The molecule has 0 aromatic heterocycles. The maximum atomic E-state index is 11.4. The minimum Gasteiger partial charge on any atom is -0.480 e. The van der Waals surface area contributed by atoms with Crippen LogP contribution in [0.4, 0.5) is 0 Å². The van der Waals surface area contributed by atoms with Gasteiger partial charge in [0.15, 0.2) is 0 Å². The number of carbonyl (C=O) groups is 3. The molecule has 1 unspecified atom stereocenters. The number of carboxylic acids is 1. The van der Waals surface area contributed by atoms with Crippen LogP contribution >= 0.6 is 11.8 Å². The molecule has 0 aromatic carbocycles. The predicted molar refractivity (Wildman–Crippen MR) is 114 cm³/mol. The van der Waals surface area contributed by atoms with Gasteiger partial charge in [-0.1, -0.05) is 34.9 Å². The fourth-order valence-electron chi connectivity index (χ4n) is 2.21. The average Bonchev–Trinajstić information content (AvgIpc) is 2.62. The number of esters is 1. The van der Waals surface area contributed by atoms with Gasteiger partial charge in [-0.15, -0.1) is 0 Å². The Morgan fingerprint density at radius 2 is 1.57 bits per heavy atom. The molecule has 0 bridgehead atoms. The molecule has 0 heterocycles. The highest BCUT2D eigenvalue weighted by Gasteiger charge is 2.23. The van der Waals surface area contributed by atoms with Crippen LogP contribution in [0.2, 0.25) is 0 Å². The van der Waals surface area contributed by atoms with Crippen molar-refractivity contribution in [1.82, 2.24) is 5.32 Å². The van der Waals surface area contributed by atoms with Gasteiger partial charge >= 0.3 is 17.8 Å². The molecule has 7 heteroatoms. The van der Waals surface area contributed by atoms with Crippen molar-refractivity contribution in [3.8, 4) is 0 Å². The molecule has 0 aliphatic rings. The van der Waals surface area contributed by atoms with Gasteiger partial charge in [0, 0.05) is 11.5 Å². The quantitative estimate of drug-likeness (QED) is 0.219. The fraction of sp³-hybridized carbons (Fsp3) is 0.571. The number of aliphatic carboxylic acids is 1. The van der Waals surface area contributed by atoms with Crippen LogP contribution in [0.25, 0.3) is 0 Å². The van der Waals surface area contributed by atoms with E-state index in [1.54, 1.807) is 0 Å². The largest absolute Gasteiger partial charge is 0.480 e. The lowest BCUT2D eigenvalue weighted by Gasteiger charge is -2.12. The minimum atomic E-state index is -1.18. The van der Waals surface area contributed by atoms with Crippen molar-refractivity contribution in [1.29, 1.82) is 0 Å². The van der Waals surface area contributed by atoms with Crippen molar-refractivity contribution >= 4 is 29.6 Å². The van der Waals surface area contributed by atoms with Gasteiger partial charge in [0.2, 0.25) is 0 Å². The third kappa shape index (κ3) is 13.2. The Balaban J connectivity index is 4.24. The molecular formula is C21H33NO5S. The Morgan fingerprint density at radius 1 is 1.00 bits per heavy atom. The molecule has 0 saturated carbocycles. The van der Waals surface area contributed by atoms with E-state index in [-0.39, 0.29) is 5.75 Å². The van der Waals surface area contributed by atoms with E-state index in [2.05, 4.69) is 56.0 Å². The van der Waals surface area contributed by atoms with Crippen molar-refractivity contribution < 1.29 is 24.2 Å². The summed E-state index contributed by atoms with van der Waals surface area (Å²) in [4.78, 5) is 33.7. The molecule has 0 aliphatic heterocycles. The Hall–Kier alpha value is -2.02. The molecule has 0 saturated heterocycles. The molecule has 2 N–H and O–H groups in total. The summed E-state index contributed by atoms with van der Waals surface area (Å²) in [6, 6.07) is -1.13. The molecular weight excluding hydrogens is 378 g/mol.